The average Bonchev–Trinajstić information content (AvgIpc) is 3.14. The molecule has 0 aliphatic rings. The van der Waals surface area contributed by atoms with Crippen molar-refractivity contribution in [3.05, 3.63) is 45.4 Å². The number of fused-ring (bicyclic) bond motifs is 2. The summed E-state index contributed by atoms with van der Waals surface area (Å²) in [4.78, 5) is 14.5. The number of pyridine rings is 1. The van der Waals surface area contributed by atoms with Gasteiger partial charge in [-0.15, -0.1) is 0 Å². The minimum absolute atomic E-state index is 0.145. The van der Waals surface area contributed by atoms with Crippen LogP contribution in [0.2, 0.25) is 0 Å². The lowest BCUT2D eigenvalue weighted by Crippen LogP contribution is -2.05. The van der Waals surface area contributed by atoms with Gasteiger partial charge in [-0.2, -0.15) is 10.2 Å². The first-order valence-corrected chi connectivity index (χ1v) is 8.11. The third kappa shape index (κ3) is 2.68. The Morgan fingerprint density at radius 1 is 1.17 bits per heavy atom. The van der Waals surface area contributed by atoms with Gasteiger partial charge in [0.2, 0.25) is 0 Å². The van der Waals surface area contributed by atoms with Crippen LogP contribution in [0.4, 0.5) is 0 Å². The summed E-state index contributed by atoms with van der Waals surface area (Å²) in [5.74, 6) is 0. The number of H-pyrrole nitrogens is 2. The highest BCUT2D eigenvalue weighted by atomic mass is 79.9. The molecule has 6 nitrogen and oxygen atoms in total. The molecule has 118 valence electrons. The van der Waals surface area contributed by atoms with Crippen LogP contribution in [0.25, 0.3) is 33.1 Å². The maximum Gasteiger partial charge on any atom is 0.262 e. The number of halogens is 1. The van der Waals surface area contributed by atoms with Gasteiger partial charge in [0, 0.05) is 29.6 Å². The van der Waals surface area contributed by atoms with Gasteiger partial charge >= 0.3 is 0 Å². The number of hydrogen-bond donors (Lipinski definition) is 2. The fourth-order valence-electron chi connectivity index (χ4n) is 2.46. The maximum absolute atomic E-state index is 11.7. The van der Waals surface area contributed by atoms with E-state index in [4.69, 9.17) is 0 Å². The molecule has 0 saturated heterocycles. The van der Waals surface area contributed by atoms with Crippen LogP contribution in [0.15, 0.2) is 39.9 Å². The van der Waals surface area contributed by atoms with E-state index in [9.17, 15) is 4.79 Å². The molecule has 1 aromatic carbocycles. The number of rotatable bonds is 1. The zero-order chi connectivity index (χ0) is 16.6. The van der Waals surface area contributed by atoms with Crippen molar-refractivity contribution in [1.29, 1.82) is 0 Å². The molecule has 7 heteroatoms. The van der Waals surface area contributed by atoms with E-state index in [-0.39, 0.29) is 5.56 Å². The lowest BCUT2D eigenvalue weighted by molar-refractivity contribution is 0.768. The van der Waals surface area contributed by atoms with Gasteiger partial charge in [-0.3, -0.25) is 14.6 Å². The van der Waals surface area contributed by atoms with Gasteiger partial charge < -0.3 is 4.98 Å². The summed E-state index contributed by atoms with van der Waals surface area (Å²) >= 11 is 3.26. The SMILES string of the molecule is CC.Cn1cc(-c2n[nH]c3cc4[nH]c(=O)c(Br)cc4cc23)cn1. The molecule has 23 heavy (non-hydrogen) atoms. The van der Waals surface area contributed by atoms with E-state index in [0.717, 1.165) is 33.1 Å². The summed E-state index contributed by atoms with van der Waals surface area (Å²) < 4.78 is 2.26. The Labute approximate surface area is 140 Å². The molecule has 4 aromatic rings. The van der Waals surface area contributed by atoms with Crippen LogP contribution in [0.3, 0.4) is 0 Å². The minimum atomic E-state index is -0.145. The zero-order valence-electron chi connectivity index (χ0n) is 13.0. The van der Waals surface area contributed by atoms with Crippen molar-refractivity contribution in [3.8, 4) is 11.3 Å². The van der Waals surface area contributed by atoms with Crippen molar-refractivity contribution in [2.24, 2.45) is 7.05 Å². The second-order valence-electron chi connectivity index (χ2n) is 4.91. The largest absolute Gasteiger partial charge is 0.321 e. The molecule has 3 aromatic heterocycles. The van der Waals surface area contributed by atoms with Crippen LogP contribution in [0.1, 0.15) is 13.8 Å². The number of aromatic nitrogens is 5. The molecule has 3 heterocycles. The van der Waals surface area contributed by atoms with E-state index >= 15 is 0 Å². The fraction of sp³-hybridized carbons (Fsp3) is 0.188. The zero-order valence-corrected chi connectivity index (χ0v) is 14.6. The van der Waals surface area contributed by atoms with Crippen LogP contribution < -0.4 is 5.56 Å². The van der Waals surface area contributed by atoms with Crippen molar-refractivity contribution in [3.63, 3.8) is 0 Å². The lowest BCUT2D eigenvalue weighted by Gasteiger charge is -2.00. The van der Waals surface area contributed by atoms with Crippen LogP contribution in [-0.4, -0.2) is 25.0 Å². The number of benzene rings is 1. The molecule has 0 unspecified atom stereocenters. The van der Waals surface area contributed by atoms with Gasteiger partial charge in [-0.05, 0) is 34.1 Å². The standard InChI is InChI=1S/C14H10BrN5O.C2H6/c1-20-6-8(5-16-20)13-9-2-7-3-10(15)14(21)17-11(7)4-12(9)18-19-13;1-2/h2-6H,1H3,(H,17,21)(H,18,19);1-2H3. The van der Waals surface area contributed by atoms with Crippen LogP contribution in [0.5, 0.6) is 0 Å². The Kier molecular flexibility index (Phi) is 4.04. The predicted octanol–water partition coefficient (Wildman–Crippen LogP) is 3.59. The van der Waals surface area contributed by atoms with Gasteiger partial charge in [0.05, 0.1) is 21.7 Å². The number of nitrogens with zero attached hydrogens (tertiary/aromatic N) is 3. The van der Waals surface area contributed by atoms with Crippen molar-refractivity contribution in [1.82, 2.24) is 25.0 Å². The van der Waals surface area contributed by atoms with Crippen molar-refractivity contribution in [2.75, 3.05) is 0 Å². The van der Waals surface area contributed by atoms with Gasteiger partial charge in [0.15, 0.2) is 0 Å². The Balaban J connectivity index is 0.000000753. The second kappa shape index (κ2) is 6.00. The molecule has 2 N–H and O–H groups in total. The maximum atomic E-state index is 11.7. The Bertz CT molecular complexity index is 1040. The molecule has 0 aliphatic heterocycles. The molecular formula is C16H16BrN5O. The van der Waals surface area contributed by atoms with Gasteiger partial charge in [-0.25, -0.2) is 0 Å². The van der Waals surface area contributed by atoms with E-state index in [1.165, 1.54) is 0 Å². The quantitative estimate of drug-likeness (QED) is 0.534. The Morgan fingerprint density at radius 3 is 2.65 bits per heavy atom. The van der Waals surface area contributed by atoms with E-state index < -0.39 is 0 Å². The first-order valence-electron chi connectivity index (χ1n) is 7.31. The highest BCUT2D eigenvalue weighted by molar-refractivity contribution is 9.10. The highest BCUT2D eigenvalue weighted by Gasteiger charge is 2.11. The Hall–Kier alpha value is -2.41. The molecule has 0 bridgehead atoms. The Morgan fingerprint density at radius 2 is 1.96 bits per heavy atom. The summed E-state index contributed by atoms with van der Waals surface area (Å²) in [6.07, 6.45) is 3.70. The van der Waals surface area contributed by atoms with Crippen molar-refractivity contribution >= 4 is 37.7 Å². The molecule has 0 atom stereocenters. The molecule has 0 spiro atoms. The summed E-state index contributed by atoms with van der Waals surface area (Å²) in [7, 11) is 1.87. The van der Waals surface area contributed by atoms with Gasteiger partial charge in [0.25, 0.3) is 5.56 Å². The molecule has 0 fully saturated rings. The summed E-state index contributed by atoms with van der Waals surface area (Å²) in [6, 6.07) is 5.72. The monoisotopic (exact) mass is 373 g/mol. The minimum Gasteiger partial charge on any atom is -0.321 e. The third-order valence-electron chi connectivity index (χ3n) is 3.46. The third-order valence-corrected chi connectivity index (χ3v) is 4.05. The number of hydrogen-bond acceptors (Lipinski definition) is 3. The molecule has 0 radical (unpaired) electrons. The fourth-order valence-corrected chi connectivity index (χ4v) is 2.80. The topological polar surface area (TPSA) is 79.4 Å². The van der Waals surface area contributed by atoms with Crippen LogP contribution in [-0.2, 0) is 7.05 Å². The number of nitrogens with one attached hydrogen (secondary N) is 2. The lowest BCUT2D eigenvalue weighted by atomic mass is 10.1. The first kappa shape index (κ1) is 15.5. The summed E-state index contributed by atoms with van der Waals surface area (Å²) in [6.45, 7) is 4.00. The second-order valence-corrected chi connectivity index (χ2v) is 5.76. The van der Waals surface area contributed by atoms with E-state index in [1.807, 2.05) is 45.3 Å². The van der Waals surface area contributed by atoms with E-state index in [0.29, 0.717) is 4.47 Å². The highest BCUT2D eigenvalue weighted by Crippen LogP contribution is 2.29. The van der Waals surface area contributed by atoms with Gasteiger partial charge in [-0.1, -0.05) is 13.8 Å². The summed E-state index contributed by atoms with van der Waals surface area (Å²) in [5.41, 5.74) is 3.30. The molecule has 0 saturated carbocycles. The van der Waals surface area contributed by atoms with E-state index in [1.54, 1.807) is 10.9 Å². The van der Waals surface area contributed by atoms with Crippen LogP contribution >= 0.6 is 15.9 Å². The number of aryl methyl sites for hydroxylation is 1. The number of aromatic amines is 2. The van der Waals surface area contributed by atoms with Crippen molar-refractivity contribution in [2.45, 2.75) is 13.8 Å². The normalized spacial score (nSPS) is 10.8. The summed E-state index contributed by atoms with van der Waals surface area (Å²) in [5, 5.41) is 13.5. The van der Waals surface area contributed by atoms with Gasteiger partial charge in [0.1, 0.15) is 5.69 Å². The van der Waals surface area contributed by atoms with Crippen LogP contribution in [0, 0.1) is 0 Å². The van der Waals surface area contributed by atoms with E-state index in [2.05, 4.69) is 36.2 Å². The molecule has 4 rings (SSSR count). The van der Waals surface area contributed by atoms with Crippen molar-refractivity contribution < 1.29 is 0 Å². The molecular weight excluding hydrogens is 358 g/mol. The average molecular weight is 374 g/mol. The smallest absolute Gasteiger partial charge is 0.262 e. The first-order chi connectivity index (χ1) is 11.1. The molecule has 0 aliphatic carbocycles. The predicted molar refractivity (Wildman–Crippen MR) is 95.5 cm³/mol. The molecule has 0 amide bonds.